The van der Waals surface area contributed by atoms with Crippen molar-refractivity contribution in [3.8, 4) is 0 Å². The van der Waals surface area contributed by atoms with Crippen molar-refractivity contribution in [2.45, 2.75) is 141 Å². The molecule has 0 spiro atoms. The summed E-state index contributed by atoms with van der Waals surface area (Å²) in [6, 6.07) is 28.5. The number of hydrazine groups is 1. The Morgan fingerprint density at radius 2 is 1.39 bits per heavy atom. The summed E-state index contributed by atoms with van der Waals surface area (Å²) in [6.45, 7) is 15.9. The molecule has 15 nitrogen and oxygen atoms in total. The van der Waals surface area contributed by atoms with Gasteiger partial charge in [0.25, 0.3) is 0 Å². The van der Waals surface area contributed by atoms with Crippen LogP contribution < -0.4 is 21.1 Å². The van der Waals surface area contributed by atoms with Gasteiger partial charge in [-0.1, -0.05) is 94.1 Å². The molecule has 15 heteroatoms. The summed E-state index contributed by atoms with van der Waals surface area (Å²) in [5.74, 6) is -1.27. The zero-order chi connectivity index (χ0) is 50.7. The van der Waals surface area contributed by atoms with Crippen molar-refractivity contribution in [3.63, 3.8) is 0 Å². The minimum atomic E-state index is -1.04. The zero-order valence-electron chi connectivity index (χ0n) is 43.2. The molecule has 2 saturated heterocycles. The van der Waals surface area contributed by atoms with Gasteiger partial charge in [-0.25, -0.2) is 30.4 Å². The van der Waals surface area contributed by atoms with E-state index in [2.05, 4.69) is 112 Å². The average molecular weight is 992 g/mol. The number of hydrogen-bond donors (Lipinski definition) is 5. The van der Waals surface area contributed by atoms with Crippen LogP contribution in [-0.4, -0.2) is 114 Å². The number of hydrogen-bond acceptors (Lipinski definition) is 13. The molecule has 72 heavy (non-hydrogen) atoms. The Balaban J connectivity index is 0.000000227. The van der Waals surface area contributed by atoms with Crippen molar-refractivity contribution in [2.75, 3.05) is 64.2 Å². The first-order valence-corrected chi connectivity index (χ1v) is 26.7. The number of nitrogens with zero attached hydrogens (tertiary/aromatic N) is 4. The molecule has 0 amide bonds. The number of anilines is 1. The zero-order valence-corrected chi connectivity index (χ0v) is 43.2. The van der Waals surface area contributed by atoms with Gasteiger partial charge in [-0.3, -0.25) is 10.2 Å². The van der Waals surface area contributed by atoms with E-state index in [1.165, 1.54) is 60.2 Å². The molecule has 7 atom stereocenters. The van der Waals surface area contributed by atoms with Crippen molar-refractivity contribution in [3.05, 3.63) is 124 Å². The van der Waals surface area contributed by atoms with Crippen LogP contribution in [0.3, 0.4) is 0 Å². The first kappa shape index (κ1) is 54.9. The van der Waals surface area contributed by atoms with Gasteiger partial charge in [0.05, 0.1) is 62.1 Å². The number of nitrogens with one attached hydrogen (secondary N) is 3. The lowest BCUT2D eigenvalue weighted by molar-refractivity contribution is -0.106. The lowest BCUT2D eigenvalue weighted by Crippen LogP contribution is -2.67. The van der Waals surface area contributed by atoms with Crippen LogP contribution in [0.15, 0.2) is 84.9 Å². The van der Waals surface area contributed by atoms with Gasteiger partial charge in [0.2, 0.25) is 0 Å². The molecule has 5 heterocycles. The maximum atomic E-state index is 11.4. The molecule has 5 N–H and O–H groups in total. The molecule has 2 aromatic heterocycles. The van der Waals surface area contributed by atoms with Crippen LogP contribution in [0, 0.1) is 11.8 Å². The predicted molar refractivity (Wildman–Crippen MR) is 280 cm³/mol. The fraction of sp³-hybridized carbons (Fsp3) is 0.579. The van der Waals surface area contributed by atoms with Gasteiger partial charge in [-0.15, -0.1) is 0 Å². The van der Waals surface area contributed by atoms with Gasteiger partial charge >= 0.3 is 11.9 Å². The summed E-state index contributed by atoms with van der Waals surface area (Å²) < 4.78 is 24.6. The molecule has 7 unspecified atom stereocenters. The van der Waals surface area contributed by atoms with Crippen LogP contribution in [0.4, 0.5) is 5.69 Å². The van der Waals surface area contributed by atoms with Crippen molar-refractivity contribution in [1.29, 1.82) is 0 Å². The fourth-order valence-electron chi connectivity index (χ4n) is 10.6. The summed E-state index contributed by atoms with van der Waals surface area (Å²) in [7, 11) is 0. The minimum Gasteiger partial charge on any atom is -0.477 e. The monoisotopic (exact) mass is 992 g/mol. The Hall–Kier alpha value is -4.84. The summed E-state index contributed by atoms with van der Waals surface area (Å²) in [6.07, 6.45) is 11.5. The second-order valence-electron chi connectivity index (χ2n) is 20.3. The quantitative estimate of drug-likeness (QED) is 0.0848. The van der Waals surface area contributed by atoms with Crippen LogP contribution in [0.5, 0.6) is 0 Å². The second-order valence-corrected chi connectivity index (χ2v) is 20.3. The minimum absolute atomic E-state index is 0.0114. The maximum absolute atomic E-state index is 11.4. The lowest BCUT2D eigenvalue weighted by atomic mass is 9.85. The summed E-state index contributed by atoms with van der Waals surface area (Å²) in [4.78, 5) is 36.1. The van der Waals surface area contributed by atoms with Crippen molar-refractivity contribution in [1.82, 2.24) is 31.0 Å². The Bertz CT molecular complexity index is 2300. The molecule has 8 rings (SSSR count). The highest BCUT2D eigenvalue weighted by molar-refractivity contribution is 5.85. The molecule has 1 aliphatic carbocycles. The lowest BCUT2D eigenvalue weighted by Gasteiger charge is -2.48. The number of unbranched alkanes of at least 4 members (excludes halogenated alkanes) is 3. The van der Waals surface area contributed by atoms with E-state index in [4.69, 9.17) is 18.9 Å². The summed E-state index contributed by atoms with van der Waals surface area (Å²) in [5.41, 5.74) is 14.3. The molecule has 4 aliphatic rings. The number of pyridine rings is 2. The molecular formula is C57H81N7O8. The molecule has 3 aliphatic heterocycles. The topological polar surface area (TPSA) is 180 Å². The Morgan fingerprint density at radius 1 is 0.708 bits per heavy atom. The van der Waals surface area contributed by atoms with E-state index in [1.54, 1.807) is 12.1 Å². The SMILES string of the molecule is CC1CCC2OCCN(Cc3cccc(C(=O)O)n3)CCOCCOCCC(Cc3cccc(C(=O)O)n3)CCOC2C1.CCCCCCC1(C)NNC2c3ccccc3CN(CC)c3ccccc3C2N1. The number of carbonyl (C=O) groups is 2. The molecule has 0 radical (unpaired) electrons. The van der Waals surface area contributed by atoms with Gasteiger partial charge in [-0.2, -0.15) is 0 Å². The van der Waals surface area contributed by atoms with Crippen molar-refractivity contribution < 1.29 is 38.7 Å². The average Bonchev–Trinajstić information content (AvgIpc) is 3.38. The van der Waals surface area contributed by atoms with E-state index < -0.39 is 11.9 Å². The van der Waals surface area contributed by atoms with E-state index in [1.807, 2.05) is 12.1 Å². The third kappa shape index (κ3) is 16.1. The first-order chi connectivity index (χ1) is 35.0. The Morgan fingerprint density at radius 3 is 2.15 bits per heavy atom. The maximum Gasteiger partial charge on any atom is 0.354 e. The highest BCUT2D eigenvalue weighted by Crippen LogP contribution is 2.42. The number of carboxylic acids is 2. The molecule has 1 saturated carbocycles. The summed E-state index contributed by atoms with van der Waals surface area (Å²) in [5, 5.41) is 22.7. The number of rotatable bonds is 12. The normalized spacial score (nSPS) is 25.8. The first-order valence-electron chi connectivity index (χ1n) is 26.7. The van der Waals surface area contributed by atoms with Gasteiger partial charge in [0.15, 0.2) is 0 Å². The fourth-order valence-corrected chi connectivity index (χ4v) is 10.6. The van der Waals surface area contributed by atoms with Gasteiger partial charge in [0.1, 0.15) is 11.4 Å². The van der Waals surface area contributed by atoms with E-state index in [-0.39, 0.29) is 47.3 Å². The number of carboxylic acid groups (broad SMARTS) is 2. The number of para-hydroxylation sites is 1. The van der Waals surface area contributed by atoms with Gasteiger partial charge in [0, 0.05) is 57.3 Å². The Labute approximate surface area is 427 Å². The number of benzene rings is 2. The van der Waals surface area contributed by atoms with E-state index >= 15 is 0 Å². The second kappa shape index (κ2) is 28.0. The van der Waals surface area contributed by atoms with Crippen LogP contribution in [-0.2, 0) is 38.5 Å². The largest absolute Gasteiger partial charge is 0.477 e. The third-order valence-corrected chi connectivity index (χ3v) is 14.7. The van der Waals surface area contributed by atoms with Crippen LogP contribution in [0.2, 0.25) is 0 Å². The third-order valence-electron chi connectivity index (χ3n) is 14.7. The number of ether oxygens (including phenoxy) is 4. The van der Waals surface area contributed by atoms with E-state index in [0.717, 1.165) is 57.3 Å². The van der Waals surface area contributed by atoms with Crippen molar-refractivity contribution >= 4 is 17.6 Å². The molecule has 4 aromatic rings. The van der Waals surface area contributed by atoms with Crippen molar-refractivity contribution in [2.24, 2.45) is 11.8 Å². The predicted octanol–water partition coefficient (Wildman–Crippen LogP) is 9.14. The standard InChI is InChI=1S/C32H45N3O8.C25H36N4/c1-23-8-9-29-30(20-23)42-15-11-24(21-25-4-2-6-27(33-25)31(36)37)10-14-40-18-19-41-16-12-35(13-17-43-29)22-26-5-3-7-28(34-26)32(38)39;1-4-6-7-12-17-25(3)26-23-21-15-10-11-16-22(21)29(5-2)18-19-13-8-9-14-20(19)24(23)27-28-25/h2-7,23-24,29-30H,8-22H2,1H3,(H,36,37)(H,38,39);8-11,13-16,23-24,26-28H,4-7,12,17-18H2,1-3H3. The molecule has 2 aromatic carbocycles. The molecule has 0 bridgehead atoms. The summed E-state index contributed by atoms with van der Waals surface area (Å²) >= 11 is 0. The highest BCUT2D eigenvalue weighted by Gasteiger charge is 2.41. The Kier molecular flexibility index (Phi) is 21.4. The number of aromatic carboxylic acids is 2. The van der Waals surface area contributed by atoms with Gasteiger partial charge in [-0.05, 0) is 118 Å². The molecular weight excluding hydrogens is 911 g/mol. The van der Waals surface area contributed by atoms with Crippen LogP contribution in [0.25, 0.3) is 0 Å². The smallest absolute Gasteiger partial charge is 0.354 e. The van der Waals surface area contributed by atoms with Gasteiger partial charge < -0.3 is 34.1 Å². The van der Waals surface area contributed by atoms with E-state index in [0.29, 0.717) is 77.3 Å². The van der Waals surface area contributed by atoms with E-state index in [9.17, 15) is 19.8 Å². The highest BCUT2D eigenvalue weighted by atomic mass is 16.5. The molecule has 3 fully saturated rings. The van der Waals surface area contributed by atoms with Crippen LogP contribution >= 0.6 is 0 Å². The number of aromatic nitrogens is 2. The number of fused-ring (bicyclic) bond motifs is 6. The van der Waals surface area contributed by atoms with Crippen LogP contribution in [0.1, 0.15) is 153 Å². The molecule has 392 valence electrons.